The fourth-order valence-electron chi connectivity index (χ4n) is 0.645. The quantitative estimate of drug-likeness (QED) is 0.665. The fraction of sp³-hybridized carbons (Fsp3) is 0.250. The van der Waals surface area contributed by atoms with Gasteiger partial charge in [0.1, 0.15) is 0 Å². The smallest absolute Gasteiger partial charge is 0.0103 e. The third-order valence-corrected chi connectivity index (χ3v) is 2.12. The van der Waals surface area contributed by atoms with E-state index < -0.39 is 0 Å². The van der Waals surface area contributed by atoms with Gasteiger partial charge in [0.05, 0.1) is 0 Å². The first kappa shape index (κ1) is 7.63. The second kappa shape index (κ2) is 4.36. The molecule has 0 saturated carbocycles. The predicted octanol–water partition coefficient (Wildman–Crippen LogP) is 1.54. The Balaban J connectivity index is 2.43. The number of nitrogens with two attached hydrogens (primary N) is 1. The van der Waals surface area contributed by atoms with E-state index in [0.29, 0.717) is 0 Å². The minimum Gasteiger partial charge on any atom is -0.330 e. The zero-order valence-electron chi connectivity index (χ0n) is 5.71. The SMILES string of the molecule is NCCSc1cc[c]cc1. The molecular formula is C8H10NS. The summed E-state index contributed by atoms with van der Waals surface area (Å²) in [4.78, 5) is 1.27. The maximum Gasteiger partial charge on any atom is 0.0103 e. The Morgan fingerprint density at radius 1 is 1.40 bits per heavy atom. The number of benzene rings is 1. The molecule has 1 rings (SSSR count). The van der Waals surface area contributed by atoms with E-state index in [-0.39, 0.29) is 0 Å². The van der Waals surface area contributed by atoms with E-state index in [1.165, 1.54) is 4.90 Å². The molecule has 2 N–H and O–H groups in total. The molecule has 0 heterocycles. The molecule has 0 saturated heterocycles. The third kappa shape index (κ3) is 2.42. The molecule has 0 aliphatic rings. The van der Waals surface area contributed by atoms with Crippen molar-refractivity contribution in [3.05, 3.63) is 30.3 Å². The molecule has 1 radical (unpaired) electrons. The molecule has 0 unspecified atom stereocenters. The van der Waals surface area contributed by atoms with Gasteiger partial charge in [-0.1, -0.05) is 12.1 Å². The monoisotopic (exact) mass is 152 g/mol. The van der Waals surface area contributed by atoms with Gasteiger partial charge in [-0.15, -0.1) is 11.8 Å². The van der Waals surface area contributed by atoms with Crippen LogP contribution in [0.25, 0.3) is 0 Å². The lowest BCUT2D eigenvalue weighted by atomic mass is 10.4. The van der Waals surface area contributed by atoms with Crippen molar-refractivity contribution >= 4 is 11.8 Å². The lowest BCUT2D eigenvalue weighted by Crippen LogP contribution is -2.00. The lowest BCUT2D eigenvalue weighted by Gasteiger charge is -1.96. The van der Waals surface area contributed by atoms with Crippen LogP contribution in [0.2, 0.25) is 0 Å². The Morgan fingerprint density at radius 2 is 2.10 bits per heavy atom. The van der Waals surface area contributed by atoms with Crippen molar-refractivity contribution in [3.8, 4) is 0 Å². The Labute approximate surface area is 65.6 Å². The van der Waals surface area contributed by atoms with Crippen LogP contribution in [0, 0.1) is 6.07 Å². The summed E-state index contributed by atoms with van der Waals surface area (Å²) in [7, 11) is 0. The zero-order chi connectivity index (χ0) is 7.23. The Hall–Kier alpha value is -0.470. The number of thioether (sulfide) groups is 1. The average Bonchev–Trinajstić information content (AvgIpc) is 2.03. The molecule has 0 aromatic heterocycles. The first-order valence-corrected chi connectivity index (χ1v) is 4.21. The van der Waals surface area contributed by atoms with Crippen LogP contribution in [-0.4, -0.2) is 12.3 Å². The molecule has 53 valence electrons. The largest absolute Gasteiger partial charge is 0.330 e. The highest BCUT2D eigenvalue weighted by Gasteiger charge is 1.87. The maximum absolute atomic E-state index is 5.35. The predicted molar refractivity (Wildman–Crippen MR) is 45.1 cm³/mol. The molecule has 1 aromatic carbocycles. The van der Waals surface area contributed by atoms with Gasteiger partial charge in [0.25, 0.3) is 0 Å². The summed E-state index contributed by atoms with van der Waals surface area (Å²) < 4.78 is 0. The first-order valence-electron chi connectivity index (χ1n) is 3.22. The van der Waals surface area contributed by atoms with E-state index >= 15 is 0 Å². The van der Waals surface area contributed by atoms with Gasteiger partial charge in [0, 0.05) is 17.2 Å². The molecule has 1 aromatic rings. The van der Waals surface area contributed by atoms with Crippen LogP contribution in [0.5, 0.6) is 0 Å². The molecule has 10 heavy (non-hydrogen) atoms. The molecule has 0 atom stereocenters. The molecule has 0 spiro atoms. The number of hydrogen-bond acceptors (Lipinski definition) is 2. The van der Waals surface area contributed by atoms with Crippen molar-refractivity contribution in [1.29, 1.82) is 0 Å². The van der Waals surface area contributed by atoms with Crippen molar-refractivity contribution in [2.75, 3.05) is 12.3 Å². The molecule has 2 heteroatoms. The molecule has 0 aliphatic heterocycles. The summed E-state index contributed by atoms with van der Waals surface area (Å²) in [6.45, 7) is 0.739. The van der Waals surface area contributed by atoms with E-state index in [1.54, 1.807) is 11.8 Å². The summed E-state index contributed by atoms with van der Waals surface area (Å²) in [6.07, 6.45) is 0. The minimum absolute atomic E-state index is 0.739. The van der Waals surface area contributed by atoms with Gasteiger partial charge in [0.2, 0.25) is 0 Å². The Morgan fingerprint density at radius 3 is 2.70 bits per heavy atom. The van der Waals surface area contributed by atoms with Gasteiger partial charge >= 0.3 is 0 Å². The van der Waals surface area contributed by atoms with Crippen molar-refractivity contribution in [1.82, 2.24) is 0 Å². The van der Waals surface area contributed by atoms with Gasteiger partial charge < -0.3 is 5.73 Å². The van der Waals surface area contributed by atoms with Gasteiger partial charge in [-0.25, -0.2) is 0 Å². The van der Waals surface area contributed by atoms with Crippen molar-refractivity contribution < 1.29 is 0 Å². The molecule has 0 amide bonds. The molecular weight excluding hydrogens is 142 g/mol. The standard InChI is InChI=1S/C8H10NS/c9-6-7-10-8-4-2-1-3-5-8/h2-5H,6-7,9H2. The van der Waals surface area contributed by atoms with Crippen LogP contribution in [-0.2, 0) is 0 Å². The average molecular weight is 152 g/mol. The summed E-state index contributed by atoms with van der Waals surface area (Å²) >= 11 is 1.78. The van der Waals surface area contributed by atoms with E-state index in [4.69, 9.17) is 5.73 Å². The normalized spacial score (nSPS) is 9.70. The van der Waals surface area contributed by atoms with Crippen molar-refractivity contribution in [2.45, 2.75) is 4.90 Å². The molecule has 1 nitrogen and oxygen atoms in total. The molecule has 0 fully saturated rings. The molecule has 0 bridgehead atoms. The fourth-order valence-corrected chi connectivity index (χ4v) is 1.33. The Bertz CT molecular complexity index is 174. The van der Waals surface area contributed by atoms with Crippen LogP contribution >= 0.6 is 11.8 Å². The summed E-state index contributed by atoms with van der Waals surface area (Å²) in [5.41, 5.74) is 5.35. The van der Waals surface area contributed by atoms with E-state index in [9.17, 15) is 0 Å². The van der Waals surface area contributed by atoms with Crippen LogP contribution in [0.4, 0.5) is 0 Å². The third-order valence-electron chi connectivity index (χ3n) is 1.07. The van der Waals surface area contributed by atoms with Gasteiger partial charge in [-0.3, -0.25) is 0 Å². The summed E-state index contributed by atoms with van der Waals surface area (Å²) in [6, 6.07) is 10.9. The van der Waals surface area contributed by atoms with Gasteiger partial charge in [-0.05, 0) is 18.2 Å². The highest BCUT2D eigenvalue weighted by atomic mass is 32.2. The van der Waals surface area contributed by atoms with Crippen LogP contribution in [0.3, 0.4) is 0 Å². The number of hydrogen-bond donors (Lipinski definition) is 1. The van der Waals surface area contributed by atoms with Crippen molar-refractivity contribution in [3.63, 3.8) is 0 Å². The second-order valence-corrected chi connectivity index (χ2v) is 3.04. The zero-order valence-corrected chi connectivity index (χ0v) is 6.53. The van der Waals surface area contributed by atoms with Gasteiger partial charge in [-0.2, -0.15) is 0 Å². The highest BCUT2D eigenvalue weighted by Crippen LogP contribution is 2.14. The number of rotatable bonds is 3. The second-order valence-electron chi connectivity index (χ2n) is 1.87. The Kier molecular flexibility index (Phi) is 3.33. The first-order chi connectivity index (χ1) is 4.93. The maximum atomic E-state index is 5.35. The van der Waals surface area contributed by atoms with E-state index in [0.717, 1.165) is 12.3 Å². The topological polar surface area (TPSA) is 26.0 Å². The van der Waals surface area contributed by atoms with Crippen LogP contribution < -0.4 is 5.73 Å². The summed E-state index contributed by atoms with van der Waals surface area (Å²) in [5.74, 6) is 0.990. The van der Waals surface area contributed by atoms with Gasteiger partial charge in [0.15, 0.2) is 0 Å². The van der Waals surface area contributed by atoms with Crippen molar-refractivity contribution in [2.24, 2.45) is 5.73 Å². The van der Waals surface area contributed by atoms with E-state index in [2.05, 4.69) is 6.07 Å². The molecule has 0 aliphatic carbocycles. The van der Waals surface area contributed by atoms with Crippen LogP contribution in [0.1, 0.15) is 0 Å². The highest BCUT2D eigenvalue weighted by molar-refractivity contribution is 7.99. The summed E-state index contributed by atoms with van der Waals surface area (Å²) in [5, 5.41) is 0. The minimum atomic E-state index is 0.739. The lowest BCUT2D eigenvalue weighted by molar-refractivity contribution is 1.15. The van der Waals surface area contributed by atoms with E-state index in [1.807, 2.05) is 24.3 Å². The van der Waals surface area contributed by atoms with Crippen LogP contribution in [0.15, 0.2) is 29.2 Å².